The van der Waals surface area contributed by atoms with Crippen molar-refractivity contribution in [2.75, 3.05) is 0 Å². The number of allylic oxidation sites excluding steroid dienone is 4. The standard InChI is InChI=1S/C13H14/c1-11-6-5-9-13(10-11)12-7-3-2-4-8-12/h2-9,13H,10H2,1H3. The lowest BCUT2D eigenvalue weighted by Crippen LogP contribution is -1.98. The third kappa shape index (κ3) is 1.89. The molecular formula is C13H14. The van der Waals surface area contributed by atoms with E-state index in [-0.39, 0.29) is 0 Å². The zero-order valence-electron chi connectivity index (χ0n) is 7.90. The van der Waals surface area contributed by atoms with Crippen molar-refractivity contribution in [2.24, 2.45) is 0 Å². The Hall–Kier alpha value is -1.30. The Morgan fingerprint density at radius 2 is 1.92 bits per heavy atom. The van der Waals surface area contributed by atoms with Crippen molar-refractivity contribution >= 4 is 0 Å². The SMILES string of the molecule is CC1=CC=CC(c2ccccc2)C1. The van der Waals surface area contributed by atoms with E-state index in [2.05, 4.69) is 55.5 Å². The molecule has 0 nitrogen and oxygen atoms in total. The van der Waals surface area contributed by atoms with Crippen molar-refractivity contribution in [2.45, 2.75) is 19.3 Å². The molecule has 0 heterocycles. The number of rotatable bonds is 1. The maximum absolute atomic E-state index is 2.28. The monoisotopic (exact) mass is 170 g/mol. The second kappa shape index (κ2) is 3.61. The Balaban J connectivity index is 2.21. The molecule has 0 aromatic heterocycles. The van der Waals surface area contributed by atoms with E-state index >= 15 is 0 Å². The summed E-state index contributed by atoms with van der Waals surface area (Å²) in [5, 5.41) is 0. The van der Waals surface area contributed by atoms with Gasteiger partial charge in [0.25, 0.3) is 0 Å². The van der Waals surface area contributed by atoms with Crippen LogP contribution in [0.2, 0.25) is 0 Å². The van der Waals surface area contributed by atoms with Gasteiger partial charge in [0.05, 0.1) is 0 Å². The molecular weight excluding hydrogens is 156 g/mol. The molecule has 0 radical (unpaired) electrons. The van der Waals surface area contributed by atoms with Crippen LogP contribution in [0, 0.1) is 0 Å². The highest BCUT2D eigenvalue weighted by molar-refractivity contribution is 5.30. The molecule has 0 N–H and O–H groups in total. The molecule has 1 unspecified atom stereocenters. The topological polar surface area (TPSA) is 0 Å². The molecule has 1 aliphatic rings. The Morgan fingerprint density at radius 3 is 2.62 bits per heavy atom. The highest BCUT2D eigenvalue weighted by atomic mass is 14.1. The molecule has 1 aliphatic carbocycles. The quantitative estimate of drug-likeness (QED) is 0.603. The lowest BCUT2D eigenvalue weighted by molar-refractivity contribution is 0.813. The van der Waals surface area contributed by atoms with Crippen LogP contribution < -0.4 is 0 Å². The van der Waals surface area contributed by atoms with Crippen LogP contribution in [0.3, 0.4) is 0 Å². The van der Waals surface area contributed by atoms with E-state index in [0.29, 0.717) is 5.92 Å². The largest absolute Gasteiger partial charge is 0.0767 e. The van der Waals surface area contributed by atoms with Gasteiger partial charge < -0.3 is 0 Å². The summed E-state index contributed by atoms with van der Waals surface area (Å²) in [6.45, 7) is 2.19. The fourth-order valence-corrected chi connectivity index (χ4v) is 1.77. The van der Waals surface area contributed by atoms with Gasteiger partial charge >= 0.3 is 0 Å². The van der Waals surface area contributed by atoms with Crippen molar-refractivity contribution < 1.29 is 0 Å². The van der Waals surface area contributed by atoms with E-state index in [0.717, 1.165) is 0 Å². The predicted octanol–water partition coefficient (Wildman–Crippen LogP) is 3.68. The van der Waals surface area contributed by atoms with Gasteiger partial charge in [-0.15, -0.1) is 0 Å². The first kappa shape index (κ1) is 8.31. The van der Waals surface area contributed by atoms with E-state index < -0.39 is 0 Å². The molecule has 2 rings (SSSR count). The average Bonchev–Trinajstić information content (AvgIpc) is 2.19. The average molecular weight is 170 g/mol. The first-order valence-electron chi connectivity index (χ1n) is 4.75. The molecule has 1 atom stereocenters. The lowest BCUT2D eigenvalue weighted by atomic mass is 9.89. The van der Waals surface area contributed by atoms with Gasteiger partial charge in [-0.1, -0.05) is 54.1 Å². The summed E-state index contributed by atoms with van der Waals surface area (Å²) in [7, 11) is 0. The molecule has 0 fully saturated rings. The van der Waals surface area contributed by atoms with Crippen LogP contribution in [0.1, 0.15) is 24.8 Å². The van der Waals surface area contributed by atoms with Gasteiger partial charge in [-0.3, -0.25) is 0 Å². The van der Waals surface area contributed by atoms with Gasteiger partial charge in [-0.2, -0.15) is 0 Å². The van der Waals surface area contributed by atoms with Gasteiger partial charge in [0.2, 0.25) is 0 Å². The fourth-order valence-electron chi connectivity index (χ4n) is 1.77. The minimum Gasteiger partial charge on any atom is -0.0767 e. The second-order valence-electron chi connectivity index (χ2n) is 3.62. The van der Waals surface area contributed by atoms with Crippen LogP contribution in [0.25, 0.3) is 0 Å². The van der Waals surface area contributed by atoms with Crippen molar-refractivity contribution in [1.29, 1.82) is 0 Å². The van der Waals surface area contributed by atoms with Gasteiger partial charge in [-0.05, 0) is 18.9 Å². The minimum atomic E-state index is 0.589. The van der Waals surface area contributed by atoms with Crippen molar-refractivity contribution in [1.82, 2.24) is 0 Å². The molecule has 0 spiro atoms. The summed E-state index contributed by atoms with van der Waals surface area (Å²) < 4.78 is 0. The first-order chi connectivity index (χ1) is 6.36. The van der Waals surface area contributed by atoms with Crippen LogP contribution >= 0.6 is 0 Å². The molecule has 0 saturated heterocycles. The van der Waals surface area contributed by atoms with Gasteiger partial charge in [-0.25, -0.2) is 0 Å². The maximum Gasteiger partial charge on any atom is 0.00582 e. The smallest absolute Gasteiger partial charge is 0.00582 e. The van der Waals surface area contributed by atoms with Crippen molar-refractivity contribution in [3.8, 4) is 0 Å². The van der Waals surface area contributed by atoms with Crippen LogP contribution in [0.4, 0.5) is 0 Å². The molecule has 0 heteroatoms. The number of hydrogen-bond acceptors (Lipinski definition) is 0. The van der Waals surface area contributed by atoms with Crippen molar-refractivity contribution in [3.63, 3.8) is 0 Å². The molecule has 0 amide bonds. The lowest BCUT2D eigenvalue weighted by Gasteiger charge is -2.16. The highest BCUT2D eigenvalue weighted by Crippen LogP contribution is 2.27. The normalized spacial score (nSPS) is 21.3. The van der Waals surface area contributed by atoms with Crippen LogP contribution in [-0.2, 0) is 0 Å². The van der Waals surface area contributed by atoms with E-state index in [9.17, 15) is 0 Å². The zero-order valence-corrected chi connectivity index (χ0v) is 7.90. The van der Waals surface area contributed by atoms with E-state index in [1.807, 2.05) is 0 Å². The molecule has 66 valence electrons. The summed E-state index contributed by atoms with van der Waals surface area (Å²) in [6, 6.07) is 10.7. The summed E-state index contributed by atoms with van der Waals surface area (Å²) in [5.74, 6) is 0.589. The number of hydrogen-bond donors (Lipinski definition) is 0. The maximum atomic E-state index is 2.28. The Bertz CT molecular complexity index is 330. The predicted molar refractivity (Wildman–Crippen MR) is 56.7 cm³/mol. The molecule has 13 heavy (non-hydrogen) atoms. The Labute approximate surface area is 79.6 Å². The molecule has 0 saturated carbocycles. The first-order valence-corrected chi connectivity index (χ1v) is 4.75. The molecule has 1 aromatic rings. The summed E-state index contributed by atoms with van der Waals surface area (Å²) in [6.07, 6.45) is 7.80. The van der Waals surface area contributed by atoms with E-state index in [1.165, 1.54) is 17.6 Å². The third-order valence-corrected chi connectivity index (χ3v) is 2.49. The molecule has 0 bridgehead atoms. The van der Waals surface area contributed by atoms with E-state index in [4.69, 9.17) is 0 Å². The molecule has 0 aliphatic heterocycles. The van der Waals surface area contributed by atoms with Gasteiger partial charge in [0.15, 0.2) is 0 Å². The minimum absolute atomic E-state index is 0.589. The van der Waals surface area contributed by atoms with Crippen LogP contribution in [0.5, 0.6) is 0 Å². The molecule has 1 aromatic carbocycles. The van der Waals surface area contributed by atoms with Crippen molar-refractivity contribution in [3.05, 3.63) is 59.7 Å². The zero-order chi connectivity index (χ0) is 9.10. The summed E-state index contributed by atoms with van der Waals surface area (Å²) in [4.78, 5) is 0. The third-order valence-electron chi connectivity index (χ3n) is 2.49. The Kier molecular flexibility index (Phi) is 2.31. The van der Waals surface area contributed by atoms with Crippen LogP contribution in [0.15, 0.2) is 54.1 Å². The summed E-state index contributed by atoms with van der Waals surface area (Å²) >= 11 is 0. The van der Waals surface area contributed by atoms with Crippen LogP contribution in [-0.4, -0.2) is 0 Å². The van der Waals surface area contributed by atoms with Gasteiger partial charge in [0.1, 0.15) is 0 Å². The van der Waals surface area contributed by atoms with E-state index in [1.54, 1.807) is 0 Å². The Morgan fingerprint density at radius 1 is 1.15 bits per heavy atom. The fraction of sp³-hybridized carbons (Fsp3) is 0.231. The number of benzene rings is 1. The highest BCUT2D eigenvalue weighted by Gasteiger charge is 2.09. The summed E-state index contributed by atoms with van der Waals surface area (Å²) in [5.41, 5.74) is 2.89. The van der Waals surface area contributed by atoms with Gasteiger partial charge in [0, 0.05) is 5.92 Å². The second-order valence-corrected chi connectivity index (χ2v) is 3.62.